The van der Waals surface area contributed by atoms with Crippen molar-refractivity contribution < 1.29 is 37.6 Å². The Kier molecular flexibility index (Phi) is 45.9. The smallest absolute Gasteiger partial charge is 0.462 e. The lowest BCUT2D eigenvalue weighted by Gasteiger charge is -2.19. The molecule has 0 amide bonds. The molecule has 0 saturated carbocycles. The third kappa shape index (κ3) is 46.9. The maximum atomic E-state index is 12.6. The zero-order valence-electron chi connectivity index (χ0n) is 39.6. The first kappa shape index (κ1) is 59.5. The van der Waals surface area contributed by atoms with Crippen LogP contribution in [0.1, 0.15) is 213 Å². The fraction of sp³-hybridized carbons (Fsp3) is 0.731. The number of unbranched alkanes of at least 4 members (excludes halogenated alkanes) is 21. The van der Waals surface area contributed by atoms with Gasteiger partial charge in [0.2, 0.25) is 0 Å². The molecule has 0 radical (unpaired) electrons. The van der Waals surface area contributed by atoms with Crippen LogP contribution in [0, 0.1) is 0 Å². The van der Waals surface area contributed by atoms with Gasteiger partial charge in [-0.15, -0.1) is 0 Å². The van der Waals surface area contributed by atoms with Gasteiger partial charge >= 0.3 is 19.8 Å². The van der Waals surface area contributed by atoms with Crippen molar-refractivity contribution >= 4 is 19.8 Å². The molecule has 0 aromatic heterocycles. The van der Waals surface area contributed by atoms with E-state index in [-0.39, 0.29) is 38.6 Å². The van der Waals surface area contributed by atoms with Crippen LogP contribution in [0.3, 0.4) is 0 Å². The number of phosphoric ester groups is 1. The summed E-state index contributed by atoms with van der Waals surface area (Å²) in [6.07, 6.45) is 59.4. The molecule has 0 aromatic rings. The van der Waals surface area contributed by atoms with E-state index in [0.29, 0.717) is 6.42 Å². The quantitative estimate of drug-likeness (QED) is 0.0265. The van der Waals surface area contributed by atoms with Crippen LogP contribution in [-0.2, 0) is 32.7 Å². The zero-order chi connectivity index (χ0) is 45.3. The standard InChI is InChI=1S/C52H92NO8P/c1-3-5-7-9-11-13-15-17-18-19-20-21-22-23-24-25-26-27-28-29-30-31-32-33-35-37-39-41-43-45-52(55)61-50(49-60-62(56,57)59-47-46-53)48-58-51(54)44-42-40-38-36-34-16-14-12-10-8-6-4-2/h5,7,11,13,17-18,20-21,23-24,26-27,50H,3-4,6,8-10,12,14-16,19,22,25,28-49,53H2,1-2H3,(H,56,57)/b7-5-,13-11-,18-17-,21-20-,24-23-,27-26-. The van der Waals surface area contributed by atoms with Gasteiger partial charge in [0, 0.05) is 19.4 Å². The molecule has 358 valence electrons. The maximum absolute atomic E-state index is 12.6. The molecule has 0 bridgehead atoms. The molecule has 10 heteroatoms. The highest BCUT2D eigenvalue weighted by Crippen LogP contribution is 2.43. The number of esters is 2. The molecular weight excluding hydrogens is 798 g/mol. The highest BCUT2D eigenvalue weighted by atomic mass is 31.2. The van der Waals surface area contributed by atoms with Crippen LogP contribution in [0.5, 0.6) is 0 Å². The van der Waals surface area contributed by atoms with E-state index in [1.165, 1.54) is 96.3 Å². The number of carbonyl (C=O) groups is 2. The Morgan fingerprint density at radius 3 is 1.32 bits per heavy atom. The number of ether oxygens (including phenoxy) is 2. The van der Waals surface area contributed by atoms with Gasteiger partial charge in [-0.05, 0) is 64.2 Å². The lowest BCUT2D eigenvalue weighted by molar-refractivity contribution is -0.161. The van der Waals surface area contributed by atoms with Crippen LogP contribution in [0.2, 0.25) is 0 Å². The van der Waals surface area contributed by atoms with E-state index < -0.39 is 26.5 Å². The first-order valence-corrected chi connectivity index (χ1v) is 26.4. The van der Waals surface area contributed by atoms with Crippen molar-refractivity contribution in [3.8, 4) is 0 Å². The fourth-order valence-corrected chi connectivity index (χ4v) is 7.46. The minimum atomic E-state index is -4.38. The molecule has 2 unspecified atom stereocenters. The normalized spacial score (nSPS) is 13.8. The highest BCUT2D eigenvalue weighted by Gasteiger charge is 2.26. The summed E-state index contributed by atoms with van der Waals surface area (Å²) in [6, 6.07) is 0. The molecule has 0 spiro atoms. The van der Waals surface area contributed by atoms with E-state index >= 15 is 0 Å². The van der Waals surface area contributed by atoms with Crippen molar-refractivity contribution in [3.05, 3.63) is 72.9 Å². The number of nitrogens with two attached hydrogens (primary N) is 1. The Bertz CT molecular complexity index is 1240. The number of hydrogen-bond donors (Lipinski definition) is 2. The Morgan fingerprint density at radius 2 is 0.887 bits per heavy atom. The molecule has 62 heavy (non-hydrogen) atoms. The number of carbonyl (C=O) groups excluding carboxylic acids is 2. The van der Waals surface area contributed by atoms with Crippen molar-refractivity contribution in [2.75, 3.05) is 26.4 Å². The lowest BCUT2D eigenvalue weighted by atomic mass is 10.0. The summed E-state index contributed by atoms with van der Waals surface area (Å²) in [5.74, 6) is -0.833. The van der Waals surface area contributed by atoms with Crippen LogP contribution in [0.4, 0.5) is 0 Å². The molecule has 2 atom stereocenters. The molecule has 0 fully saturated rings. The van der Waals surface area contributed by atoms with Crippen molar-refractivity contribution in [1.82, 2.24) is 0 Å². The number of rotatable bonds is 46. The zero-order valence-corrected chi connectivity index (χ0v) is 40.5. The van der Waals surface area contributed by atoms with Crippen LogP contribution in [0.25, 0.3) is 0 Å². The van der Waals surface area contributed by atoms with Crippen molar-refractivity contribution in [1.29, 1.82) is 0 Å². The molecular formula is C52H92NO8P. The van der Waals surface area contributed by atoms with E-state index in [1.807, 2.05) is 0 Å². The minimum absolute atomic E-state index is 0.0510. The largest absolute Gasteiger partial charge is 0.472 e. The van der Waals surface area contributed by atoms with Gasteiger partial charge in [-0.25, -0.2) is 4.57 Å². The molecule has 0 saturated heterocycles. The van der Waals surface area contributed by atoms with Gasteiger partial charge in [-0.1, -0.05) is 209 Å². The van der Waals surface area contributed by atoms with Crippen LogP contribution in [-0.4, -0.2) is 49.3 Å². The second-order valence-electron chi connectivity index (χ2n) is 16.3. The molecule has 0 aliphatic heterocycles. The van der Waals surface area contributed by atoms with Gasteiger partial charge < -0.3 is 20.1 Å². The summed E-state index contributed by atoms with van der Waals surface area (Å²) in [7, 11) is -4.38. The van der Waals surface area contributed by atoms with Crippen LogP contribution < -0.4 is 5.73 Å². The van der Waals surface area contributed by atoms with Crippen LogP contribution in [0.15, 0.2) is 72.9 Å². The van der Waals surface area contributed by atoms with E-state index in [4.69, 9.17) is 24.3 Å². The minimum Gasteiger partial charge on any atom is -0.462 e. The van der Waals surface area contributed by atoms with Gasteiger partial charge in [-0.3, -0.25) is 18.6 Å². The molecule has 0 heterocycles. The Balaban J connectivity index is 4.01. The molecule has 3 N–H and O–H groups in total. The predicted molar refractivity (Wildman–Crippen MR) is 261 cm³/mol. The number of allylic oxidation sites excluding steroid dienone is 12. The average molecular weight is 890 g/mol. The Morgan fingerprint density at radius 1 is 0.500 bits per heavy atom. The third-order valence-corrected chi connectivity index (χ3v) is 11.3. The summed E-state index contributed by atoms with van der Waals surface area (Å²) in [6.45, 7) is 3.62. The molecule has 9 nitrogen and oxygen atoms in total. The van der Waals surface area contributed by atoms with E-state index in [2.05, 4.69) is 86.8 Å². The van der Waals surface area contributed by atoms with Gasteiger partial charge in [0.15, 0.2) is 6.10 Å². The summed E-state index contributed by atoms with van der Waals surface area (Å²) >= 11 is 0. The fourth-order valence-electron chi connectivity index (χ4n) is 6.70. The predicted octanol–water partition coefficient (Wildman–Crippen LogP) is 15.0. The monoisotopic (exact) mass is 890 g/mol. The summed E-state index contributed by atoms with van der Waals surface area (Å²) in [5.41, 5.74) is 5.36. The van der Waals surface area contributed by atoms with E-state index in [0.717, 1.165) is 83.5 Å². The van der Waals surface area contributed by atoms with Gasteiger partial charge in [0.1, 0.15) is 6.61 Å². The topological polar surface area (TPSA) is 134 Å². The van der Waals surface area contributed by atoms with Crippen LogP contribution >= 0.6 is 7.82 Å². The molecule has 0 rings (SSSR count). The van der Waals surface area contributed by atoms with Gasteiger partial charge in [0.05, 0.1) is 13.2 Å². The first-order valence-electron chi connectivity index (χ1n) is 24.9. The number of hydrogen-bond acceptors (Lipinski definition) is 8. The second kappa shape index (κ2) is 47.9. The first-order chi connectivity index (χ1) is 30.3. The number of phosphoric acid groups is 1. The van der Waals surface area contributed by atoms with Crippen molar-refractivity contribution in [2.45, 2.75) is 219 Å². The summed E-state index contributed by atoms with van der Waals surface area (Å²) in [5, 5.41) is 0. The molecule has 0 aliphatic carbocycles. The third-order valence-electron chi connectivity index (χ3n) is 10.4. The summed E-state index contributed by atoms with van der Waals surface area (Å²) in [4.78, 5) is 35.0. The van der Waals surface area contributed by atoms with Gasteiger partial charge in [0.25, 0.3) is 0 Å². The van der Waals surface area contributed by atoms with Crippen molar-refractivity contribution in [3.63, 3.8) is 0 Å². The Labute approximate surface area is 380 Å². The van der Waals surface area contributed by atoms with Crippen molar-refractivity contribution in [2.24, 2.45) is 5.73 Å². The van der Waals surface area contributed by atoms with E-state index in [1.54, 1.807) is 0 Å². The highest BCUT2D eigenvalue weighted by molar-refractivity contribution is 7.47. The molecule has 0 aliphatic rings. The lowest BCUT2D eigenvalue weighted by Crippen LogP contribution is -2.29. The van der Waals surface area contributed by atoms with E-state index in [9.17, 15) is 19.0 Å². The Hall–Kier alpha value is -2.55. The maximum Gasteiger partial charge on any atom is 0.472 e. The average Bonchev–Trinajstić information content (AvgIpc) is 3.26. The SMILES string of the molecule is CC/C=C\C/C=C\C/C=C\C/C=C\C/C=C\C/C=C\CCCCCCCCCCCCC(=O)OC(COC(=O)CCCCCCCCCCCCCC)COP(=O)(O)OCCN. The summed E-state index contributed by atoms with van der Waals surface area (Å²) < 4.78 is 32.9. The molecule has 0 aromatic carbocycles. The van der Waals surface area contributed by atoms with Gasteiger partial charge in [-0.2, -0.15) is 0 Å². The second-order valence-corrected chi connectivity index (χ2v) is 17.8.